The molecule has 2 N–H and O–H groups in total. The fourth-order valence-corrected chi connectivity index (χ4v) is 3.67. The third-order valence-corrected chi connectivity index (χ3v) is 5.14. The minimum absolute atomic E-state index is 0.0154. The standard InChI is InChI=1S/C14H28N2O4S/c1-5-11(16-13(17)20-14(2,3)4)10-15-12-6-8-21(18,19)9-7-12/h11-12,15H,5-10H2,1-4H3,(H,16,17). The first-order valence-electron chi connectivity index (χ1n) is 7.54. The van der Waals surface area contributed by atoms with Crippen molar-refractivity contribution in [3.05, 3.63) is 0 Å². The van der Waals surface area contributed by atoms with Crippen LogP contribution in [0.1, 0.15) is 47.0 Å². The maximum absolute atomic E-state index is 11.7. The van der Waals surface area contributed by atoms with Crippen LogP contribution in [0.4, 0.5) is 4.79 Å². The van der Waals surface area contributed by atoms with Gasteiger partial charge in [-0.05, 0) is 40.0 Å². The van der Waals surface area contributed by atoms with Gasteiger partial charge in [-0.2, -0.15) is 0 Å². The van der Waals surface area contributed by atoms with E-state index in [0.717, 1.165) is 6.42 Å². The molecule has 1 fully saturated rings. The maximum atomic E-state index is 11.7. The fourth-order valence-electron chi connectivity index (χ4n) is 2.17. The smallest absolute Gasteiger partial charge is 0.407 e. The monoisotopic (exact) mass is 320 g/mol. The number of hydrogen-bond acceptors (Lipinski definition) is 5. The van der Waals surface area contributed by atoms with Gasteiger partial charge in [-0.1, -0.05) is 6.92 Å². The summed E-state index contributed by atoms with van der Waals surface area (Å²) in [5.41, 5.74) is -0.506. The second-order valence-corrected chi connectivity index (χ2v) is 8.89. The van der Waals surface area contributed by atoms with Crippen LogP contribution in [0.5, 0.6) is 0 Å². The minimum atomic E-state index is -2.83. The lowest BCUT2D eigenvalue weighted by Crippen LogP contribution is -2.47. The number of carbonyl (C=O) groups is 1. The van der Waals surface area contributed by atoms with Crippen molar-refractivity contribution in [3.63, 3.8) is 0 Å². The molecule has 0 aromatic carbocycles. The van der Waals surface area contributed by atoms with Gasteiger partial charge in [-0.25, -0.2) is 13.2 Å². The van der Waals surface area contributed by atoms with Crippen LogP contribution in [0.3, 0.4) is 0 Å². The fraction of sp³-hybridized carbons (Fsp3) is 0.929. The van der Waals surface area contributed by atoms with Crippen LogP contribution >= 0.6 is 0 Å². The molecule has 6 nitrogen and oxygen atoms in total. The van der Waals surface area contributed by atoms with Crippen LogP contribution in [-0.4, -0.2) is 50.2 Å². The molecule has 0 aliphatic carbocycles. The summed E-state index contributed by atoms with van der Waals surface area (Å²) in [5, 5.41) is 6.18. The molecule has 1 heterocycles. The van der Waals surface area contributed by atoms with Crippen LogP contribution in [0.25, 0.3) is 0 Å². The number of hydrogen-bond donors (Lipinski definition) is 2. The molecule has 1 amide bonds. The quantitative estimate of drug-likeness (QED) is 0.801. The SMILES string of the molecule is CCC(CNC1CCS(=O)(=O)CC1)NC(=O)OC(C)(C)C. The predicted octanol–water partition coefficient (Wildman–Crippen LogP) is 1.46. The first-order valence-corrected chi connectivity index (χ1v) is 9.37. The van der Waals surface area contributed by atoms with E-state index in [1.165, 1.54) is 0 Å². The van der Waals surface area contributed by atoms with Gasteiger partial charge in [0.15, 0.2) is 0 Å². The Morgan fingerprint density at radius 2 is 1.86 bits per heavy atom. The zero-order valence-corrected chi connectivity index (χ0v) is 14.3. The Hall–Kier alpha value is -0.820. The Morgan fingerprint density at radius 1 is 1.29 bits per heavy atom. The molecule has 0 aromatic heterocycles. The molecule has 1 rings (SSSR count). The highest BCUT2D eigenvalue weighted by molar-refractivity contribution is 7.91. The van der Waals surface area contributed by atoms with Crippen LogP contribution in [0.2, 0.25) is 0 Å². The summed E-state index contributed by atoms with van der Waals surface area (Å²) < 4.78 is 28.0. The minimum Gasteiger partial charge on any atom is -0.444 e. The Kier molecular flexibility index (Phi) is 6.46. The molecule has 21 heavy (non-hydrogen) atoms. The second kappa shape index (κ2) is 7.45. The average molecular weight is 320 g/mol. The number of carbonyl (C=O) groups excluding carboxylic acids is 1. The maximum Gasteiger partial charge on any atom is 0.407 e. The lowest BCUT2D eigenvalue weighted by Gasteiger charge is -2.27. The normalized spacial score (nSPS) is 20.8. The van der Waals surface area contributed by atoms with E-state index in [-0.39, 0.29) is 23.6 Å². The third-order valence-electron chi connectivity index (χ3n) is 3.42. The van der Waals surface area contributed by atoms with Gasteiger partial charge in [-0.3, -0.25) is 0 Å². The van der Waals surface area contributed by atoms with E-state index in [1.807, 2.05) is 27.7 Å². The summed E-state index contributed by atoms with van der Waals surface area (Å²) in [5.74, 6) is 0.502. The molecule has 0 spiro atoms. The first-order chi connectivity index (χ1) is 9.61. The second-order valence-electron chi connectivity index (χ2n) is 6.59. The largest absolute Gasteiger partial charge is 0.444 e. The van der Waals surface area contributed by atoms with Crippen molar-refractivity contribution in [1.82, 2.24) is 10.6 Å². The van der Waals surface area contributed by atoms with Crippen molar-refractivity contribution in [2.24, 2.45) is 0 Å². The van der Waals surface area contributed by atoms with E-state index < -0.39 is 21.5 Å². The number of amides is 1. The molecule has 0 radical (unpaired) electrons. The van der Waals surface area contributed by atoms with Crippen molar-refractivity contribution in [2.75, 3.05) is 18.1 Å². The van der Waals surface area contributed by atoms with Crippen molar-refractivity contribution >= 4 is 15.9 Å². The number of ether oxygens (including phenoxy) is 1. The molecule has 0 bridgehead atoms. The van der Waals surface area contributed by atoms with Crippen molar-refractivity contribution in [2.45, 2.75) is 64.6 Å². The Bertz CT molecular complexity index is 428. The lowest BCUT2D eigenvalue weighted by molar-refractivity contribution is 0.0501. The summed E-state index contributed by atoms with van der Waals surface area (Å²) in [4.78, 5) is 11.7. The molecular formula is C14H28N2O4S. The lowest BCUT2D eigenvalue weighted by atomic mass is 10.1. The molecule has 7 heteroatoms. The number of rotatable bonds is 5. The average Bonchev–Trinajstić information content (AvgIpc) is 2.33. The molecule has 124 valence electrons. The van der Waals surface area contributed by atoms with Gasteiger partial charge < -0.3 is 15.4 Å². The van der Waals surface area contributed by atoms with Crippen LogP contribution < -0.4 is 10.6 Å². The van der Waals surface area contributed by atoms with Gasteiger partial charge in [0.1, 0.15) is 15.4 Å². The summed E-state index contributed by atoms with van der Waals surface area (Å²) in [7, 11) is -2.83. The number of sulfone groups is 1. The topological polar surface area (TPSA) is 84.5 Å². The van der Waals surface area contributed by atoms with Crippen molar-refractivity contribution in [1.29, 1.82) is 0 Å². The van der Waals surface area contributed by atoms with E-state index in [9.17, 15) is 13.2 Å². The Labute approximate surface area is 127 Å². The number of alkyl carbamates (subject to hydrolysis) is 1. The molecule has 1 saturated heterocycles. The molecule has 0 aromatic rings. The molecule has 1 aliphatic rings. The molecule has 1 unspecified atom stereocenters. The highest BCUT2D eigenvalue weighted by atomic mass is 32.2. The highest BCUT2D eigenvalue weighted by Gasteiger charge is 2.24. The van der Waals surface area contributed by atoms with Gasteiger partial charge >= 0.3 is 6.09 Å². The van der Waals surface area contributed by atoms with Crippen molar-refractivity contribution in [3.8, 4) is 0 Å². The Morgan fingerprint density at radius 3 is 2.33 bits per heavy atom. The van der Waals surface area contributed by atoms with Gasteiger partial charge in [0.05, 0.1) is 11.5 Å². The van der Waals surface area contributed by atoms with Crippen molar-refractivity contribution < 1.29 is 17.9 Å². The summed E-state index contributed by atoms with van der Waals surface area (Å²) in [6.45, 7) is 8.10. The zero-order valence-electron chi connectivity index (χ0n) is 13.4. The van der Waals surface area contributed by atoms with E-state index >= 15 is 0 Å². The van der Waals surface area contributed by atoms with E-state index in [2.05, 4.69) is 10.6 Å². The Balaban J connectivity index is 2.33. The van der Waals surface area contributed by atoms with Crippen LogP contribution in [0, 0.1) is 0 Å². The molecule has 1 atom stereocenters. The molecule has 1 aliphatic heterocycles. The van der Waals surface area contributed by atoms with E-state index in [1.54, 1.807) is 0 Å². The third kappa shape index (κ3) is 7.66. The van der Waals surface area contributed by atoms with E-state index in [0.29, 0.717) is 19.4 Å². The highest BCUT2D eigenvalue weighted by Crippen LogP contribution is 2.12. The predicted molar refractivity (Wildman–Crippen MR) is 83.1 cm³/mol. The number of nitrogens with one attached hydrogen (secondary N) is 2. The zero-order chi connectivity index (χ0) is 16.1. The van der Waals surface area contributed by atoms with Gasteiger partial charge in [0.2, 0.25) is 0 Å². The van der Waals surface area contributed by atoms with Crippen LogP contribution in [-0.2, 0) is 14.6 Å². The van der Waals surface area contributed by atoms with Gasteiger partial charge in [-0.15, -0.1) is 0 Å². The van der Waals surface area contributed by atoms with Gasteiger partial charge in [0.25, 0.3) is 0 Å². The molecule has 0 saturated carbocycles. The summed E-state index contributed by atoms with van der Waals surface area (Å²) in [6.07, 6.45) is 1.66. The van der Waals surface area contributed by atoms with E-state index in [4.69, 9.17) is 4.74 Å². The first kappa shape index (κ1) is 18.2. The summed E-state index contributed by atoms with van der Waals surface area (Å²) >= 11 is 0. The van der Waals surface area contributed by atoms with Crippen LogP contribution in [0.15, 0.2) is 0 Å². The van der Waals surface area contributed by atoms with Gasteiger partial charge in [0, 0.05) is 18.6 Å². The molecular weight excluding hydrogens is 292 g/mol. The summed E-state index contributed by atoms with van der Waals surface area (Å²) in [6, 6.07) is 0.196.